The molecule has 0 atom stereocenters. The molecule has 1 aliphatic rings. The molecule has 3 heterocycles. The fourth-order valence-corrected chi connectivity index (χ4v) is 7.52. The Morgan fingerprint density at radius 3 is 2.74 bits per heavy atom. The SMILES string of the molecule is CCn1c(=O)/c(=C2\Sc3cc(C)ccc3N2C)s/c1=C\c1scc[n+]1Cc1ccccc1Cl.[Cl-]. The van der Waals surface area contributed by atoms with Crippen molar-refractivity contribution in [3.63, 3.8) is 0 Å². The first-order valence-corrected chi connectivity index (χ1v) is 13.5. The quantitative estimate of drug-likeness (QED) is 0.362. The fourth-order valence-electron chi connectivity index (χ4n) is 3.91. The number of hydrogen-bond acceptors (Lipinski definition) is 5. The molecular weight excluding hydrogens is 525 g/mol. The summed E-state index contributed by atoms with van der Waals surface area (Å²) in [5.41, 5.74) is 3.52. The maximum atomic E-state index is 13.4. The third-order valence-electron chi connectivity index (χ3n) is 5.67. The van der Waals surface area contributed by atoms with Gasteiger partial charge in [0.2, 0.25) is 0 Å². The van der Waals surface area contributed by atoms with Gasteiger partial charge in [0, 0.05) is 24.1 Å². The van der Waals surface area contributed by atoms with Crippen molar-refractivity contribution in [2.45, 2.75) is 31.8 Å². The van der Waals surface area contributed by atoms with Crippen LogP contribution in [0.2, 0.25) is 5.02 Å². The zero-order chi connectivity index (χ0) is 23.1. The van der Waals surface area contributed by atoms with Crippen molar-refractivity contribution in [3.8, 4) is 0 Å². The van der Waals surface area contributed by atoms with Gasteiger partial charge in [-0.05, 0) is 37.6 Å². The van der Waals surface area contributed by atoms with Crippen molar-refractivity contribution in [1.29, 1.82) is 0 Å². The topological polar surface area (TPSA) is 29.1 Å². The van der Waals surface area contributed by atoms with E-state index in [-0.39, 0.29) is 18.0 Å². The second kappa shape index (κ2) is 10.3. The summed E-state index contributed by atoms with van der Waals surface area (Å²) in [7, 11) is 2.04. The molecule has 0 amide bonds. The Morgan fingerprint density at radius 1 is 1.18 bits per heavy atom. The van der Waals surface area contributed by atoms with E-state index in [4.69, 9.17) is 11.6 Å². The standard InChI is InChI=1S/C25H23ClN3OS3.ClH/c1-4-29-22(14-21-28(11-12-31-21)15-17-7-5-6-8-18(17)26)33-23(24(29)30)25-27(3)19-10-9-16(2)13-20(19)32-25;/h5-14H,4,15H2,1-3H3;1H/q+1;/p-1/b25-23+;. The zero-order valence-corrected chi connectivity index (χ0v) is 22.9. The smallest absolute Gasteiger partial charge is 0.271 e. The van der Waals surface area contributed by atoms with Crippen LogP contribution in [-0.4, -0.2) is 11.6 Å². The minimum Gasteiger partial charge on any atom is -1.00 e. The lowest BCUT2D eigenvalue weighted by Crippen LogP contribution is -3.00. The first-order valence-electron chi connectivity index (χ1n) is 10.6. The van der Waals surface area contributed by atoms with E-state index in [0.29, 0.717) is 13.1 Å². The number of halogens is 2. The molecule has 4 aromatic rings. The van der Waals surface area contributed by atoms with Crippen LogP contribution in [0.25, 0.3) is 11.1 Å². The molecule has 0 radical (unpaired) electrons. The Balaban J connectivity index is 0.00000274. The largest absolute Gasteiger partial charge is 1.00 e. The Bertz CT molecular complexity index is 1540. The molecule has 0 saturated carbocycles. The summed E-state index contributed by atoms with van der Waals surface area (Å²) in [5.74, 6) is 0. The summed E-state index contributed by atoms with van der Waals surface area (Å²) >= 11 is 11.3. The van der Waals surface area contributed by atoms with Gasteiger partial charge in [0.1, 0.15) is 14.2 Å². The molecule has 5 rings (SSSR count). The van der Waals surface area contributed by atoms with Gasteiger partial charge in [0.15, 0.2) is 12.7 Å². The number of benzene rings is 2. The molecule has 0 aliphatic carbocycles. The number of aromatic nitrogens is 2. The van der Waals surface area contributed by atoms with Gasteiger partial charge in [-0.3, -0.25) is 9.36 Å². The second-order valence-corrected chi connectivity index (χ2v) is 11.3. The third-order valence-corrected chi connectivity index (χ3v) is 9.36. The van der Waals surface area contributed by atoms with E-state index in [2.05, 4.69) is 52.2 Å². The highest BCUT2D eigenvalue weighted by Gasteiger charge is 2.25. The minimum absolute atomic E-state index is 0. The van der Waals surface area contributed by atoms with Crippen LogP contribution in [0.15, 0.2) is 63.7 Å². The van der Waals surface area contributed by atoms with E-state index in [1.807, 2.05) is 42.8 Å². The Morgan fingerprint density at radius 2 is 1.97 bits per heavy atom. The predicted molar refractivity (Wildman–Crippen MR) is 141 cm³/mol. The van der Waals surface area contributed by atoms with E-state index < -0.39 is 0 Å². The van der Waals surface area contributed by atoms with Crippen LogP contribution in [0.5, 0.6) is 0 Å². The molecule has 0 bridgehead atoms. The average Bonchev–Trinajstić information content (AvgIpc) is 3.46. The molecule has 0 spiro atoms. The van der Waals surface area contributed by atoms with Gasteiger partial charge >= 0.3 is 0 Å². The number of fused-ring (bicyclic) bond motifs is 1. The molecule has 0 unspecified atom stereocenters. The molecular formula is C25H23Cl2N3OS3. The van der Waals surface area contributed by atoms with Crippen LogP contribution in [0.4, 0.5) is 5.69 Å². The minimum atomic E-state index is 0. The molecule has 1 aliphatic heterocycles. The van der Waals surface area contributed by atoms with Crippen molar-refractivity contribution >= 4 is 62.8 Å². The summed E-state index contributed by atoms with van der Waals surface area (Å²) in [6, 6.07) is 14.3. The summed E-state index contributed by atoms with van der Waals surface area (Å²) in [4.78, 5) is 16.7. The molecule has 4 nitrogen and oxygen atoms in total. The molecule has 176 valence electrons. The summed E-state index contributed by atoms with van der Waals surface area (Å²) in [6.07, 6.45) is 4.19. The van der Waals surface area contributed by atoms with Gasteiger partial charge in [0.25, 0.3) is 10.6 Å². The van der Waals surface area contributed by atoms with Crippen LogP contribution in [0.1, 0.15) is 23.1 Å². The van der Waals surface area contributed by atoms with Crippen molar-refractivity contribution in [3.05, 3.63) is 94.7 Å². The van der Waals surface area contributed by atoms with Gasteiger partial charge in [-0.2, -0.15) is 4.57 Å². The lowest BCUT2D eigenvalue weighted by molar-refractivity contribution is -0.685. The van der Waals surface area contributed by atoms with Crippen LogP contribution in [0.3, 0.4) is 0 Å². The summed E-state index contributed by atoms with van der Waals surface area (Å²) < 4.78 is 5.80. The predicted octanol–water partition coefficient (Wildman–Crippen LogP) is 1.43. The number of rotatable bonds is 4. The van der Waals surface area contributed by atoms with E-state index in [0.717, 1.165) is 35.5 Å². The Hall–Kier alpha value is -2.03. The van der Waals surface area contributed by atoms with Crippen LogP contribution in [0, 0.1) is 6.92 Å². The van der Waals surface area contributed by atoms with Crippen molar-refractivity contribution in [1.82, 2.24) is 4.57 Å². The van der Waals surface area contributed by atoms with Crippen LogP contribution < -0.4 is 36.6 Å². The number of aryl methyl sites for hydroxylation is 1. The Kier molecular flexibility index (Phi) is 7.60. The van der Waals surface area contributed by atoms with E-state index in [1.165, 1.54) is 10.5 Å². The number of nitrogens with zero attached hydrogens (tertiary/aromatic N) is 3. The zero-order valence-electron chi connectivity index (χ0n) is 18.9. The first-order chi connectivity index (χ1) is 16.0. The Labute approximate surface area is 221 Å². The highest BCUT2D eigenvalue weighted by atomic mass is 35.5. The van der Waals surface area contributed by atoms with Crippen molar-refractivity contribution < 1.29 is 17.0 Å². The van der Waals surface area contributed by atoms with Gasteiger partial charge in [0.05, 0.1) is 22.2 Å². The van der Waals surface area contributed by atoms with Gasteiger partial charge in [-0.25, -0.2) is 0 Å². The summed E-state index contributed by atoms with van der Waals surface area (Å²) in [5, 5.41) is 4.92. The third kappa shape index (κ3) is 4.60. The van der Waals surface area contributed by atoms with Crippen molar-refractivity contribution in [2.75, 3.05) is 11.9 Å². The normalized spacial score (nSPS) is 14.9. The summed E-state index contributed by atoms with van der Waals surface area (Å²) in [6.45, 7) is 5.44. The first kappa shape index (κ1) is 25.1. The van der Waals surface area contributed by atoms with Gasteiger partial charge in [-0.1, -0.05) is 59.0 Å². The maximum absolute atomic E-state index is 13.4. The second-order valence-electron chi connectivity index (χ2n) is 7.86. The molecule has 9 heteroatoms. The molecule has 2 aromatic carbocycles. The monoisotopic (exact) mass is 547 g/mol. The van der Waals surface area contributed by atoms with Crippen LogP contribution >= 0.6 is 46.0 Å². The molecule has 34 heavy (non-hydrogen) atoms. The van der Waals surface area contributed by atoms with E-state index in [1.54, 1.807) is 34.4 Å². The molecule has 0 fully saturated rings. The highest BCUT2D eigenvalue weighted by Crippen LogP contribution is 2.45. The molecule has 0 N–H and O–H groups in total. The van der Waals surface area contributed by atoms with Crippen molar-refractivity contribution in [2.24, 2.45) is 0 Å². The van der Waals surface area contributed by atoms with E-state index in [9.17, 15) is 4.79 Å². The molecule has 2 aromatic heterocycles. The molecule has 0 saturated heterocycles. The lowest BCUT2D eigenvalue weighted by Gasteiger charge is -2.12. The average molecular weight is 549 g/mol. The maximum Gasteiger partial charge on any atom is 0.271 e. The number of anilines is 1. The van der Waals surface area contributed by atoms with Gasteiger partial charge < -0.3 is 17.3 Å². The lowest BCUT2D eigenvalue weighted by atomic mass is 10.2. The van der Waals surface area contributed by atoms with Crippen LogP contribution in [-0.2, 0) is 13.1 Å². The highest BCUT2D eigenvalue weighted by molar-refractivity contribution is 8.08. The number of thioether (sulfide) groups is 1. The van der Waals surface area contributed by atoms with E-state index >= 15 is 0 Å². The number of thiazole rings is 2. The fraction of sp³-hybridized carbons (Fsp3) is 0.200. The van der Waals surface area contributed by atoms with Gasteiger partial charge in [-0.15, -0.1) is 11.3 Å². The number of hydrogen-bond donors (Lipinski definition) is 0.